The van der Waals surface area contributed by atoms with Gasteiger partial charge in [0.05, 0.1) is 6.61 Å². The Morgan fingerprint density at radius 3 is 2.33 bits per heavy atom. The molecule has 0 amide bonds. The Labute approximate surface area is 139 Å². The third kappa shape index (κ3) is 2.15. The van der Waals surface area contributed by atoms with Crippen LogP contribution >= 0.6 is 0 Å². The number of benzene rings is 2. The lowest BCUT2D eigenvalue weighted by Crippen LogP contribution is -2.13. The van der Waals surface area contributed by atoms with Crippen LogP contribution in [0.2, 0.25) is 0 Å². The predicted molar refractivity (Wildman–Crippen MR) is 87.7 cm³/mol. The monoisotopic (exact) mass is 332 g/mol. The molecule has 0 saturated heterocycles. The Bertz CT molecular complexity index is 807. The molecular weight excluding hydrogens is 313 g/mol. The van der Waals surface area contributed by atoms with Gasteiger partial charge in [0.15, 0.2) is 23.2 Å². The minimum atomic E-state index is -0.923. The summed E-state index contributed by atoms with van der Waals surface area (Å²) in [4.78, 5) is 0. The van der Waals surface area contributed by atoms with E-state index in [-0.39, 0.29) is 22.8 Å². The van der Waals surface area contributed by atoms with Crippen LogP contribution in [0.25, 0.3) is 22.3 Å². The topological polar surface area (TPSA) is 9.23 Å². The first-order chi connectivity index (χ1) is 11.6. The van der Waals surface area contributed by atoms with E-state index in [2.05, 4.69) is 0 Å². The van der Waals surface area contributed by atoms with Crippen molar-refractivity contribution in [1.82, 2.24) is 0 Å². The normalized spacial score (nSPS) is 16.3. The van der Waals surface area contributed by atoms with Crippen LogP contribution in [0.15, 0.2) is 18.2 Å². The summed E-state index contributed by atoms with van der Waals surface area (Å²) in [6.45, 7) is 2.07. The van der Waals surface area contributed by atoms with Crippen molar-refractivity contribution < 1.29 is 17.9 Å². The maximum Gasteiger partial charge on any atom is 0.173 e. The fourth-order valence-corrected chi connectivity index (χ4v) is 4.04. The first-order valence-corrected chi connectivity index (χ1v) is 8.61. The van der Waals surface area contributed by atoms with Gasteiger partial charge in [-0.3, -0.25) is 0 Å². The van der Waals surface area contributed by atoms with Gasteiger partial charge in [-0.05, 0) is 60.6 Å². The van der Waals surface area contributed by atoms with Crippen LogP contribution in [0.1, 0.15) is 50.5 Å². The minimum absolute atomic E-state index is 0.0566. The largest absolute Gasteiger partial charge is 0.491 e. The second-order valence-electron chi connectivity index (χ2n) is 6.58. The Morgan fingerprint density at radius 1 is 0.917 bits per heavy atom. The van der Waals surface area contributed by atoms with E-state index >= 15 is 0 Å². The summed E-state index contributed by atoms with van der Waals surface area (Å²) in [7, 11) is 0. The number of fused-ring (bicyclic) bond motifs is 4. The molecule has 0 aromatic heterocycles. The summed E-state index contributed by atoms with van der Waals surface area (Å²) in [6.07, 6.45) is 5.02. The van der Waals surface area contributed by atoms with Gasteiger partial charge in [0.2, 0.25) is 0 Å². The fourth-order valence-electron chi connectivity index (χ4n) is 4.04. The van der Waals surface area contributed by atoms with Crippen LogP contribution in [0.3, 0.4) is 0 Å². The average molecular weight is 332 g/mol. The second-order valence-corrected chi connectivity index (χ2v) is 6.58. The quantitative estimate of drug-likeness (QED) is 0.555. The highest BCUT2D eigenvalue weighted by Crippen LogP contribution is 2.53. The maximum absolute atomic E-state index is 14.7. The zero-order valence-electron chi connectivity index (χ0n) is 13.6. The van der Waals surface area contributed by atoms with Gasteiger partial charge in [-0.25, -0.2) is 13.2 Å². The molecule has 0 spiro atoms. The van der Waals surface area contributed by atoms with Crippen molar-refractivity contribution in [3.8, 4) is 28.0 Å². The number of rotatable bonds is 3. The number of ether oxygens (including phenoxy) is 1. The SMILES string of the molecule is CCOc1ccc2c(c1F)-c1c-2cc(C2CCCCC2)c(F)c1F. The van der Waals surface area contributed by atoms with E-state index in [0.29, 0.717) is 23.3 Å². The molecule has 0 atom stereocenters. The fraction of sp³-hybridized carbons (Fsp3) is 0.400. The molecule has 2 aromatic rings. The first-order valence-electron chi connectivity index (χ1n) is 8.61. The minimum Gasteiger partial charge on any atom is -0.491 e. The summed E-state index contributed by atoms with van der Waals surface area (Å²) >= 11 is 0. The Balaban J connectivity index is 1.81. The van der Waals surface area contributed by atoms with E-state index in [0.717, 1.165) is 32.1 Å². The molecule has 4 heteroatoms. The lowest BCUT2D eigenvalue weighted by Gasteiger charge is -2.30. The van der Waals surface area contributed by atoms with Crippen LogP contribution in [0.4, 0.5) is 13.2 Å². The second kappa shape index (κ2) is 5.83. The van der Waals surface area contributed by atoms with Crippen LogP contribution < -0.4 is 4.74 Å². The Morgan fingerprint density at radius 2 is 1.62 bits per heavy atom. The van der Waals surface area contributed by atoms with Gasteiger partial charge < -0.3 is 4.74 Å². The molecule has 4 rings (SSSR count). The molecule has 126 valence electrons. The third-order valence-electron chi connectivity index (χ3n) is 5.23. The zero-order valence-corrected chi connectivity index (χ0v) is 13.6. The lowest BCUT2D eigenvalue weighted by atomic mass is 9.75. The highest BCUT2D eigenvalue weighted by molar-refractivity contribution is 6.03. The number of hydrogen-bond acceptors (Lipinski definition) is 1. The summed E-state index contributed by atoms with van der Waals surface area (Å²) in [6, 6.07) is 5.02. The van der Waals surface area contributed by atoms with Crippen molar-refractivity contribution in [2.45, 2.75) is 44.9 Å². The molecule has 1 saturated carbocycles. The van der Waals surface area contributed by atoms with Crippen molar-refractivity contribution in [1.29, 1.82) is 0 Å². The van der Waals surface area contributed by atoms with Gasteiger partial charge in [-0.2, -0.15) is 0 Å². The van der Waals surface area contributed by atoms with Gasteiger partial charge in [0, 0.05) is 11.1 Å². The number of hydrogen-bond donors (Lipinski definition) is 0. The maximum atomic E-state index is 14.7. The lowest BCUT2D eigenvalue weighted by molar-refractivity contribution is 0.322. The van der Waals surface area contributed by atoms with E-state index in [1.165, 1.54) is 0 Å². The molecule has 1 nitrogen and oxygen atoms in total. The van der Waals surface area contributed by atoms with E-state index in [9.17, 15) is 13.2 Å². The van der Waals surface area contributed by atoms with E-state index in [4.69, 9.17) is 4.74 Å². The molecular formula is C20H19F3O. The molecule has 2 aromatic carbocycles. The molecule has 0 unspecified atom stereocenters. The van der Waals surface area contributed by atoms with E-state index in [1.54, 1.807) is 25.1 Å². The zero-order chi connectivity index (χ0) is 16.8. The van der Waals surface area contributed by atoms with Crippen LogP contribution in [0, 0.1) is 17.5 Å². The smallest absolute Gasteiger partial charge is 0.173 e. The summed E-state index contributed by atoms with van der Waals surface area (Å²) in [5, 5.41) is 0. The highest BCUT2D eigenvalue weighted by Gasteiger charge is 2.35. The van der Waals surface area contributed by atoms with Crippen molar-refractivity contribution in [2.75, 3.05) is 6.61 Å². The van der Waals surface area contributed by atoms with E-state index < -0.39 is 17.5 Å². The van der Waals surface area contributed by atoms with Crippen LogP contribution in [-0.4, -0.2) is 6.61 Å². The van der Waals surface area contributed by atoms with Crippen molar-refractivity contribution in [3.63, 3.8) is 0 Å². The third-order valence-corrected chi connectivity index (χ3v) is 5.23. The molecule has 0 aliphatic heterocycles. The van der Waals surface area contributed by atoms with Crippen LogP contribution in [0.5, 0.6) is 5.75 Å². The van der Waals surface area contributed by atoms with Gasteiger partial charge in [-0.15, -0.1) is 0 Å². The van der Waals surface area contributed by atoms with Gasteiger partial charge >= 0.3 is 0 Å². The first kappa shape index (κ1) is 15.6. The Hall–Kier alpha value is -1.97. The van der Waals surface area contributed by atoms with Crippen molar-refractivity contribution in [3.05, 3.63) is 41.2 Å². The van der Waals surface area contributed by atoms with Gasteiger partial charge in [-0.1, -0.05) is 19.3 Å². The highest BCUT2D eigenvalue weighted by atomic mass is 19.2. The average Bonchev–Trinajstić information content (AvgIpc) is 2.58. The van der Waals surface area contributed by atoms with Gasteiger partial charge in [0.25, 0.3) is 0 Å². The molecule has 2 aliphatic rings. The van der Waals surface area contributed by atoms with Crippen molar-refractivity contribution >= 4 is 0 Å². The standard InChI is InChI=1S/C20H19F3O/c1-2-24-15-9-8-12-14-10-13(11-6-4-3-5-7-11)18(21)20(23)17(14)16(12)19(15)22/h8-11H,2-7H2,1H3. The molecule has 0 radical (unpaired) electrons. The van der Waals surface area contributed by atoms with Crippen molar-refractivity contribution in [2.24, 2.45) is 0 Å². The van der Waals surface area contributed by atoms with Crippen LogP contribution in [-0.2, 0) is 0 Å². The number of halogens is 3. The molecule has 0 heterocycles. The van der Waals surface area contributed by atoms with Gasteiger partial charge in [0.1, 0.15) is 0 Å². The Kier molecular flexibility index (Phi) is 3.78. The summed E-state index contributed by atoms with van der Waals surface area (Å²) in [5.74, 6) is -2.19. The molecule has 0 bridgehead atoms. The predicted octanol–water partition coefficient (Wildman–Crippen LogP) is 6.20. The summed E-state index contributed by atoms with van der Waals surface area (Å²) < 4.78 is 49.0. The molecule has 1 fully saturated rings. The molecule has 2 aliphatic carbocycles. The molecule has 0 N–H and O–H groups in total. The molecule has 24 heavy (non-hydrogen) atoms. The summed E-state index contributed by atoms with van der Waals surface area (Å²) in [5.41, 5.74) is 1.91. The van der Waals surface area contributed by atoms with E-state index in [1.807, 2.05) is 0 Å².